The molecular weight excluding hydrogens is 442 g/mol. The lowest BCUT2D eigenvalue weighted by atomic mass is 9.96. The van der Waals surface area contributed by atoms with Gasteiger partial charge in [0.25, 0.3) is 15.9 Å². The highest BCUT2D eigenvalue weighted by atomic mass is 32.2. The molecule has 0 aromatic heterocycles. The van der Waals surface area contributed by atoms with E-state index in [2.05, 4.69) is 10.0 Å². The molecule has 3 rings (SSSR count). The minimum Gasteiger partial charge on any atom is -0.385 e. The summed E-state index contributed by atoms with van der Waals surface area (Å²) in [4.78, 5) is 27.4. The molecule has 0 radical (unpaired) electrons. The van der Waals surface area contributed by atoms with Crippen LogP contribution >= 0.6 is 0 Å². The van der Waals surface area contributed by atoms with Gasteiger partial charge in [-0.15, -0.1) is 0 Å². The summed E-state index contributed by atoms with van der Waals surface area (Å²) < 4.78 is 33.1. The molecule has 0 saturated carbocycles. The quantitative estimate of drug-likeness (QED) is 0.545. The van der Waals surface area contributed by atoms with Gasteiger partial charge >= 0.3 is 0 Å². The molecule has 2 aromatic carbocycles. The summed E-state index contributed by atoms with van der Waals surface area (Å²) in [6, 6.07) is 13.2. The summed E-state index contributed by atoms with van der Waals surface area (Å²) in [6.07, 6.45) is 2.21. The second kappa shape index (κ2) is 11.3. The van der Waals surface area contributed by atoms with E-state index < -0.39 is 10.0 Å². The summed E-state index contributed by atoms with van der Waals surface area (Å²) >= 11 is 0. The third-order valence-corrected chi connectivity index (χ3v) is 7.19. The Morgan fingerprint density at radius 2 is 1.94 bits per heavy atom. The van der Waals surface area contributed by atoms with Gasteiger partial charge in [0.05, 0.1) is 10.8 Å². The maximum atomic E-state index is 13.1. The summed E-state index contributed by atoms with van der Waals surface area (Å²) in [5.74, 6) is -0.528. The molecule has 0 aliphatic carbocycles. The SMILES string of the molecule is COCCCNC(=O)[C@H]1CCCN(C(=O)c2cccc(NS(=O)(=O)c3ccccc3C)c2)C1. The van der Waals surface area contributed by atoms with E-state index in [9.17, 15) is 18.0 Å². The van der Waals surface area contributed by atoms with Crippen LogP contribution < -0.4 is 10.0 Å². The zero-order chi connectivity index (χ0) is 23.8. The number of amides is 2. The number of nitrogens with zero attached hydrogens (tertiary/aromatic N) is 1. The van der Waals surface area contributed by atoms with E-state index in [4.69, 9.17) is 4.74 Å². The third kappa shape index (κ3) is 6.55. The van der Waals surface area contributed by atoms with Gasteiger partial charge in [-0.2, -0.15) is 0 Å². The zero-order valence-electron chi connectivity index (χ0n) is 19.0. The zero-order valence-corrected chi connectivity index (χ0v) is 19.9. The molecule has 0 spiro atoms. The molecule has 1 aliphatic heterocycles. The number of carbonyl (C=O) groups is 2. The van der Waals surface area contributed by atoms with Gasteiger partial charge in [0.2, 0.25) is 5.91 Å². The molecular formula is C24H31N3O5S. The second-order valence-corrected chi connectivity index (χ2v) is 9.83. The average molecular weight is 474 g/mol. The fraction of sp³-hybridized carbons (Fsp3) is 0.417. The number of aryl methyl sites for hydroxylation is 1. The standard InChI is InChI=1S/C24H31N3O5S/c1-18-8-3-4-12-22(18)33(30,31)26-21-11-5-9-19(16-21)24(29)27-14-6-10-20(17-27)23(28)25-13-7-15-32-2/h3-5,8-9,11-12,16,20,26H,6-7,10,13-15,17H2,1-2H3,(H,25,28)/t20-/m0/s1. The fourth-order valence-electron chi connectivity index (χ4n) is 3.91. The van der Waals surface area contributed by atoms with Crippen LogP contribution in [0.1, 0.15) is 35.2 Å². The Balaban J connectivity index is 1.66. The minimum atomic E-state index is -3.78. The van der Waals surface area contributed by atoms with Crippen molar-refractivity contribution in [1.82, 2.24) is 10.2 Å². The number of hydrogen-bond donors (Lipinski definition) is 2. The van der Waals surface area contributed by atoms with Crippen molar-refractivity contribution >= 4 is 27.5 Å². The number of anilines is 1. The number of likely N-dealkylation sites (tertiary alicyclic amines) is 1. The van der Waals surface area contributed by atoms with Crippen molar-refractivity contribution in [2.24, 2.45) is 5.92 Å². The first-order valence-corrected chi connectivity index (χ1v) is 12.5. The van der Waals surface area contributed by atoms with Crippen molar-refractivity contribution in [3.63, 3.8) is 0 Å². The number of nitrogens with one attached hydrogen (secondary N) is 2. The number of methoxy groups -OCH3 is 1. The van der Waals surface area contributed by atoms with Gasteiger partial charge in [0.1, 0.15) is 0 Å². The summed E-state index contributed by atoms with van der Waals surface area (Å²) in [5.41, 5.74) is 1.33. The van der Waals surface area contributed by atoms with Gasteiger partial charge in [-0.25, -0.2) is 8.42 Å². The van der Waals surface area contributed by atoms with Crippen LogP contribution in [0.2, 0.25) is 0 Å². The van der Waals surface area contributed by atoms with Crippen molar-refractivity contribution in [2.75, 3.05) is 38.1 Å². The number of ether oxygens (including phenoxy) is 1. The van der Waals surface area contributed by atoms with Crippen molar-refractivity contribution in [2.45, 2.75) is 31.1 Å². The molecule has 178 valence electrons. The van der Waals surface area contributed by atoms with Crippen LogP contribution in [-0.4, -0.2) is 58.5 Å². The molecule has 0 unspecified atom stereocenters. The highest BCUT2D eigenvalue weighted by molar-refractivity contribution is 7.92. The summed E-state index contributed by atoms with van der Waals surface area (Å²) in [6.45, 7) is 3.76. The Hall–Kier alpha value is -2.91. The Labute approximate surface area is 195 Å². The highest BCUT2D eigenvalue weighted by Gasteiger charge is 2.29. The Morgan fingerprint density at radius 3 is 2.70 bits per heavy atom. The van der Waals surface area contributed by atoms with Gasteiger partial charge in [-0.1, -0.05) is 24.3 Å². The molecule has 1 aliphatic rings. The molecule has 2 aromatic rings. The molecule has 9 heteroatoms. The van der Waals surface area contributed by atoms with E-state index >= 15 is 0 Å². The van der Waals surface area contributed by atoms with Crippen LogP contribution in [0.25, 0.3) is 0 Å². The molecule has 2 N–H and O–H groups in total. The molecule has 1 atom stereocenters. The molecule has 2 amide bonds. The third-order valence-electron chi connectivity index (χ3n) is 5.65. The van der Waals surface area contributed by atoms with Crippen molar-refractivity contribution in [3.05, 3.63) is 59.7 Å². The number of benzene rings is 2. The highest BCUT2D eigenvalue weighted by Crippen LogP contribution is 2.22. The Kier molecular flexibility index (Phi) is 8.46. The van der Waals surface area contributed by atoms with Crippen LogP contribution in [0.3, 0.4) is 0 Å². The first kappa shape index (κ1) is 24.7. The molecule has 0 bridgehead atoms. The lowest BCUT2D eigenvalue weighted by molar-refractivity contribution is -0.126. The van der Waals surface area contributed by atoms with Crippen LogP contribution in [0.15, 0.2) is 53.4 Å². The van der Waals surface area contributed by atoms with Crippen LogP contribution in [0.4, 0.5) is 5.69 Å². The van der Waals surface area contributed by atoms with Crippen molar-refractivity contribution < 1.29 is 22.7 Å². The van der Waals surface area contributed by atoms with E-state index in [1.165, 1.54) is 6.07 Å². The molecule has 33 heavy (non-hydrogen) atoms. The molecule has 1 saturated heterocycles. The monoisotopic (exact) mass is 473 g/mol. The second-order valence-electron chi connectivity index (χ2n) is 8.18. The summed E-state index contributed by atoms with van der Waals surface area (Å²) in [7, 11) is -2.16. The predicted octanol–water partition coefficient (Wildman–Crippen LogP) is 2.80. The van der Waals surface area contributed by atoms with Gasteiger partial charge in [0.15, 0.2) is 0 Å². The van der Waals surface area contributed by atoms with Crippen molar-refractivity contribution in [3.8, 4) is 0 Å². The number of rotatable bonds is 9. The minimum absolute atomic E-state index is 0.0525. The Morgan fingerprint density at radius 1 is 1.15 bits per heavy atom. The van der Waals surface area contributed by atoms with Gasteiger partial charge in [-0.05, 0) is 56.0 Å². The maximum absolute atomic E-state index is 13.1. The van der Waals surface area contributed by atoms with Crippen LogP contribution in [0.5, 0.6) is 0 Å². The van der Waals surface area contributed by atoms with E-state index in [0.29, 0.717) is 43.1 Å². The predicted molar refractivity (Wildman–Crippen MR) is 127 cm³/mol. The number of piperidine rings is 1. The average Bonchev–Trinajstić information content (AvgIpc) is 2.81. The normalized spacial score (nSPS) is 16.3. The lowest BCUT2D eigenvalue weighted by Gasteiger charge is -2.32. The number of sulfonamides is 1. The first-order valence-electron chi connectivity index (χ1n) is 11.1. The molecule has 8 nitrogen and oxygen atoms in total. The van der Waals surface area contributed by atoms with Crippen LogP contribution in [-0.2, 0) is 19.6 Å². The molecule has 1 heterocycles. The Bertz CT molecular complexity index is 1090. The van der Waals surface area contributed by atoms with E-state index in [-0.39, 0.29) is 22.6 Å². The van der Waals surface area contributed by atoms with Crippen LogP contribution in [0, 0.1) is 12.8 Å². The van der Waals surface area contributed by atoms with Gasteiger partial charge in [0, 0.05) is 44.6 Å². The van der Waals surface area contributed by atoms with Crippen molar-refractivity contribution in [1.29, 1.82) is 0 Å². The number of carbonyl (C=O) groups excluding carboxylic acids is 2. The summed E-state index contributed by atoms with van der Waals surface area (Å²) in [5, 5.41) is 2.91. The van der Waals surface area contributed by atoms with E-state index in [1.807, 2.05) is 0 Å². The smallest absolute Gasteiger partial charge is 0.262 e. The lowest BCUT2D eigenvalue weighted by Crippen LogP contribution is -2.45. The molecule has 1 fully saturated rings. The largest absolute Gasteiger partial charge is 0.385 e. The first-order chi connectivity index (χ1) is 15.8. The maximum Gasteiger partial charge on any atom is 0.262 e. The van der Waals surface area contributed by atoms with E-state index in [0.717, 1.165) is 19.3 Å². The topological polar surface area (TPSA) is 105 Å². The number of hydrogen-bond acceptors (Lipinski definition) is 5. The van der Waals surface area contributed by atoms with E-state index in [1.54, 1.807) is 61.4 Å². The van der Waals surface area contributed by atoms with Gasteiger partial charge in [-0.3, -0.25) is 14.3 Å². The van der Waals surface area contributed by atoms with Gasteiger partial charge < -0.3 is 15.0 Å². The fourth-order valence-corrected chi connectivity index (χ4v) is 5.21.